The molecule has 6 heteroatoms. The van der Waals surface area contributed by atoms with Gasteiger partial charge in [0.25, 0.3) is 0 Å². The van der Waals surface area contributed by atoms with Gasteiger partial charge in [-0.05, 0) is 44.2 Å². The van der Waals surface area contributed by atoms with Gasteiger partial charge in [0.15, 0.2) is 0 Å². The molecule has 0 bridgehead atoms. The molecular weight excluding hydrogens is 308 g/mol. The Morgan fingerprint density at radius 1 is 1.33 bits per heavy atom. The zero-order chi connectivity index (χ0) is 14.9. The number of hydrogen-bond acceptors (Lipinski definition) is 3. The van der Waals surface area contributed by atoms with Crippen molar-refractivity contribution in [3.05, 3.63) is 29.3 Å². The van der Waals surface area contributed by atoms with Crippen LogP contribution in [0.4, 0.5) is 0 Å². The molecule has 0 amide bonds. The fourth-order valence-corrected chi connectivity index (χ4v) is 4.84. The maximum absolute atomic E-state index is 12.9. The molecule has 120 valence electrons. The fraction of sp³-hybridized carbons (Fsp3) is 0.600. The van der Waals surface area contributed by atoms with Crippen LogP contribution in [-0.4, -0.2) is 31.9 Å². The highest BCUT2D eigenvalue weighted by atomic mass is 35.5. The van der Waals surface area contributed by atoms with Gasteiger partial charge >= 0.3 is 0 Å². The smallest absolute Gasteiger partial charge is 0.243 e. The molecule has 1 heterocycles. The molecule has 1 aromatic carbocycles. The van der Waals surface area contributed by atoms with Crippen LogP contribution in [0.3, 0.4) is 0 Å². The van der Waals surface area contributed by atoms with Crippen molar-refractivity contribution < 1.29 is 8.42 Å². The predicted molar refractivity (Wildman–Crippen MR) is 88.3 cm³/mol. The Kier molecular flexibility index (Phi) is 6.23. The number of sulfonamides is 1. The largest absolute Gasteiger partial charge is 0.329 e. The second kappa shape index (κ2) is 7.09. The molecule has 2 atom stereocenters. The molecule has 0 aliphatic carbocycles. The molecule has 2 N–H and O–H groups in total. The maximum Gasteiger partial charge on any atom is 0.243 e. The van der Waals surface area contributed by atoms with E-state index in [1.807, 2.05) is 26.0 Å². The molecule has 0 spiro atoms. The first kappa shape index (κ1) is 18.4. The predicted octanol–water partition coefficient (Wildman–Crippen LogP) is 2.47. The van der Waals surface area contributed by atoms with Gasteiger partial charge in [0, 0.05) is 19.1 Å². The summed E-state index contributed by atoms with van der Waals surface area (Å²) >= 11 is 0. The summed E-state index contributed by atoms with van der Waals surface area (Å²) < 4.78 is 27.3. The maximum atomic E-state index is 12.9. The summed E-state index contributed by atoms with van der Waals surface area (Å²) in [6, 6.07) is 5.40. The minimum absolute atomic E-state index is 0. The summed E-state index contributed by atoms with van der Waals surface area (Å²) in [4.78, 5) is 0.413. The van der Waals surface area contributed by atoms with E-state index in [0.717, 1.165) is 24.0 Å². The van der Waals surface area contributed by atoms with Crippen LogP contribution in [-0.2, 0) is 10.0 Å². The Hall–Kier alpha value is -0.620. The van der Waals surface area contributed by atoms with Crippen LogP contribution in [0.5, 0.6) is 0 Å². The molecule has 4 nitrogen and oxygen atoms in total. The summed E-state index contributed by atoms with van der Waals surface area (Å²) in [6.07, 6.45) is 1.75. The topological polar surface area (TPSA) is 63.4 Å². The van der Waals surface area contributed by atoms with Crippen molar-refractivity contribution in [1.29, 1.82) is 0 Å². The van der Waals surface area contributed by atoms with E-state index >= 15 is 0 Å². The Morgan fingerprint density at radius 2 is 2.00 bits per heavy atom. The summed E-state index contributed by atoms with van der Waals surface area (Å²) in [5.74, 6) is 0.536. The normalized spacial score (nSPS) is 23.6. The van der Waals surface area contributed by atoms with Crippen LogP contribution >= 0.6 is 12.4 Å². The van der Waals surface area contributed by atoms with Crippen LogP contribution < -0.4 is 5.73 Å². The summed E-state index contributed by atoms with van der Waals surface area (Å²) in [6.45, 7) is 6.93. The number of nitrogens with zero attached hydrogens (tertiary/aromatic N) is 1. The number of nitrogens with two attached hydrogens (primary N) is 1. The number of halogens is 1. The van der Waals surface area contributed by atoms with Crippen LogP contribution in [0.2, 0.25) is 0 Å². The third-order valence-corrected chi connectivity index (χ3v) is 6.23. The van der Waals surface area contributed by atoms with E-state index in [2.05, 4.69) is 6.92 Å². The quantitative estimate of drug-likeness (QED) is 0.924. The highest BCUT2D eigenvalue weighted by Crippen LogP contribution is 2.29. The first-order valence-electron chi connectivity index (χ1n) is 7.15. The average Bonchev–Trinajstić information content (AvgIpc) is 2.37. The third kappa shape index (κ3) is 3.77. The summed E-state index contributed by atoms with van der Waals surface area (Å²) in [5, 5.41) is 0. The molecular formula is C15H25ClN2O2S. The molecule has 2 rings (SSSR count). The molecule has 2 unspecified atom stereocenters. The second-order valence-electron chi connectivity index (χ2n) is 5.90. The zero-order valence-corrected chi connectivity index (χ0v) is 14.5. The molecule has 1 aliphatic rings. The Bertz CT molecular complexity index is 589. The Labute approximate surface area is 134 Å². The molecule has 1 aliphatic heterocycles. The van der Waals surface area contributed by atoms with E-state index in [-0.39, 0.29) is 18.4 Å². The van der Waals surface area contributed by atoms with Crippen molar-refractivity contribution >= 4 is 22.4 Å². The number of benzene rings is 1. The van der Waals surface area contributed by atoms with Gasteiger partial charge in [-0.3, -0.25) is 0 Å². The number of rotatable bonds is 3. The Balaban J connectivity index is 0.00000220. The van der Waals surface area contributed by atoms with E-state index in [1.54, 1.807) is 10.4 Å². The third-order valence-electron chi connectivity index (χ3n) is 4.11. The molecule has 21 heavy (non-hydrogen) atoms. The fourth-order valence-electron chi connectivity index (χ4n) is 2.98. The lowest BCUT2D eigenvalue weighted by atomic mass is 9.94. The van der Waals surface area contributed by atoms with Gasteiger partial charge in [-0.2, -0.15) is 4.31 Å². The first-order chi connectivity index (χ1) is 9.36. The van der Waals surface area contributed by atoms with E-state index < -0.39 is 10.0 Å². The monoisotopic (exact) mass is 332 g/mol. The van der Waals surface area contributed by atoms with Gasteiger partial charge in [-0.1, -0.05) is 24.6 Å². The van der Waals surface area contributed by atoms with E-state index in [0.29, 0.717) is 23.9 Å². The highest BCUT2D eigenvalue weighted by molar-refractivity contribution is 7.89. The molecule has 1 fully saturated rings. The van der Waals surface area contributed by atoms with Crippen LogP contribution in [0, 0.1) is 19.8 Å². The van der Waals surface area contributed by atoms with Crippen LogP contribution in [0.1, 0.15) is 30.9 Å². The van der Waals surface area contributed by atoms with Gasteiger partial charge in [-0.15, -0.1) is 12.4 Å². The van der Waals surface area contributed by atoms with Crippen molar-refractivity contribution in [3.8, 4) is 0 Å². The van der Waals surface area contributed by atoms with Crippen molar-refractivity contribution in [3.63, 3.8) is 0 Å². The molecule has 0 radical (unpaired) electrons. The van der Waals surface area contributed by atoms with Crippen molar-refractivity contribution in [2.75, 3.05) is 13.1 Å². The molecule has 0 saturated carbocycles. The van der Waals surface area contributed by atoms with Crippen molar-refractivity contribution in [1.82, 2.24) is 4.31 Å². The van der Waals surface area contributed by atoms with E-state index in [1.165, 1.54) is 0 Å². The summed E-state index contributed by atoms with van der Waals surface area (Å²) in [7, 11) is -3.44. The Morgan fingerprint density at radius 3 is 2.57 bits per heavy atom. The van der Waals surface area contributed by atoms with Gasteiger partial charge in [0.05, 0.1) is 4.90 Å². The van der Waals surface area contributed by atoms with Gasteiger partial charge in [0.2, 0.25) is 10.0 Å². The van der Waals surface area contributed by atoms with Crippen molar-refractivity contribution in [2.24, 2.45) is 11.7 Å². The minimum atomic E-state index is -3.44. The molecule has 1 saturated heterocycles. The van der Waals surface area contributed by atoms with Gasteiger partial charge in [-0.25, -0.2) is 8.42 Å². The first-order valence-corrected chi connectivity index (χ1v) is 8.59. The standard InChI is InChI=1S/C15H24N2O2S.ClH/c1-11-4-5-15(13(3)8-11)20(18,19)17-7-6-12(2)9-14(17)10-16;/h4-5,8,12,14H,6-7,9-10,16H2,1-3H3;1H. The number of aryl methyl sites for hydroxylation is 2. The lowest BCUT2D eigenvalue weighted by molar-refractivity contribution is 0.211. The van der Waals surface area contributed by atoms with E-state index in [4.69, 9.17) is 5.73 Å². The minimum Gasteiger partial charge on any atom is -0.329 e. The highest BCUT2D eigenvalue weighted by Gasteiger charge is 2.35. The van der Waals surface area contributed by atoms with Crippen LogP contribution in [0.25, 0.3) is 0 Å². The number of piperidine rings is 1. The summed E-state index contributed by atoms with van der Waals surface area (Å²) in [5.41, 5.74) is 7.66. The number of hydrogen-bond donors (Lipinski definition) is 1. The SMILES string of the molecule is Cc1ccc(S(=O)(=O)N2CCC(C)CC2CN)c(C)c1.Cl. The molecule has 1 aromatic rings. The average molecular weight is 333 g/mol. The zero-order valence-electron chi connectivity index (χ0n) is 12.9. The van der Waals surface area contributed by atoms with E-state index in [9.17, 15) is 8.42 Å². The second-order valence-corrected chi connectivity index (χ2v) is 7.76. The van der Waals surface area contributed by atoms with Gasteiger partial charge < -0.3 is 5.73 Å². The van der Waals surface area contributed by atoms with Crippen molar-refractivity contribution in [2.45, 2.75) is 44.6 Å². The lowest BCUT2D eigenvalue weighted by Gasteiger charge is -2.37. The van der Waals surface area contributed by atoms with Crippen LogP contribution in [0.15, 0.2) is 23.1 Å². The molecule has 0 aromatic heterocycles. The van der Waals surface area contributed by atoms with Gasteiger partial charge in [0.1, 0.15) is 0 Å². The lowest BCUT2D eigenvalue weighted by Crippen LogP contribution is -2.49.